The van der Waals surface area contributed by atoms with Crippen LogP contribution in [0.5, 0.6) is 0 Å². The van der Waals surface area contributed by atoms with Crippen molar-refractivity contribution in [1.29, 1.82) is 0 Å². The highest BCUT2D eigenvalue weighted by Gasteiger charge is 2.10. The van der Waals surface area contributed by atoms with E-state index < -0.39 is 22.4 Å². The lowest BCUT2D eigenvalue weighted by molar-refractivity contribution is 0.595. The normalized spacial score (nSPS) is 12.3. The highest BCUT2D eigenvalue weighted by molar-refractivity contribution is 7.84. The van der Waals surface area contributed by atoms with Gasteiger partial charge >= 0.3 is 0 Å². The second kappa shape index (κ2) is 5.27. The fourth-order valence-corrected chi connectivity index (χ4v) is 2.67. The van der Waals surface area contributed by atoms with E-state index in [9.17, 15) is 13.0 Å². The van der Waals surface area contributed by atoms with E-state index >= 15 is 0 Å². The predicted octanol–water partition coefficient (Wildman–Crippen LogP) is 2.85. The van der Waals surface area contributed by atoms with Crippen LogP contribution < -0.4 is 5.73 Å². The van der Waals surface area contributed by atoms with Crippen molar-refractivity contribution < 1.29 is 13.0 Å². The number of anilines is 1. The summed E-state index contributed by atoms with van der Waals surface area (Å²) < 4.78 is 38.6. The zero-order valence-electron chi connectivity index (χ0n) is 9.40. The number of halogens is 2. The Bertz CT molecular complexity index is 601. The maximum atomic E-state index is 13.4. The van der Waals surface area contributed by atoms with Gasteiger partial charge in [-0.05, 0) is 29.8 Å². The van der Waals surface area contributed by atoms with E-state index in [2.05, 4.69) is 0 Å². The van der Waals surface area contributed by atoms with Gasteiger partial charge in [0.2, 0.25) is 0 Å². The van der Waals surface area contributed by atoms with Gasteiger partial charge in [0.1, 0.15) is 11.6 Å². The number of nitrogens with two attached hydrogens (primary N) is 1. The largest absolute Gasteiger partial charge is 0.396 e. The Balaban J connectivity index is 2.22. The van der Waals surface area contributed by atoms with Crippen molar-refractivity contribution in [1.82, 2.24) is 0 Å². The summed E-state index contributed by atoms with van der Waals surface area (Å²) in [6, 6.07) is 10.0. The summed E-state index contributed by atoms with van der Waals surface area (Å²) in [5, 5.41) is 0. The molecule has 0 bridgehead atoms. The Morgan fingerprint density at radius 2 is 1.78 bits per heavy atom. The number of rotatable bonds is 3. The highest BCUT2D eigenvalue weighted by atomic mass is 32.2. The molecule has 2 N–H and O–H groups in total. The van der Waals surface area contributed by atoms with Crippen LogP contribution in [0.1, 0.15) is 5.56 Å². The van der Waals surface area contributed by atoms with Crippen LogP contribution in [0, 0.1) is 11.6 Å². The van der Waals surface area contributed by atoms with Crippen LogP contribution in [0.25, 0.3) is 0 Å². The second-order valence-corrected chi connectivity index (χ2v) is 5.20. The third kappa shape index (κ3) is 2.73. The molecule has 0 amide bonds. The molecule has 0 saturated heterocycles. The van der Waals surface area contributed by atoms with Crippen molar-refractivity contribution >= 4 is 16.5 Å². The van der Waals surface area contributed by atoms with Gasteiger partial charge in [-0.1, -0.05) is 18.2 Å². The average molecular weight is 267 g/mol. The van der Waals surface area contributed by atoms with Gasteiger partial charge in [-0.2, -0.15) is 0 Å². The highest BCUT2D eigenvalue weighted by Crippen LogP contribution is 2.18. The van der Waals surface area contributed by atoms with Gasteiger partial charge in [-0.15, -0.1) is 0 Å². The average Bonchev–Trinajstić information content (AvgIpc) is 2.34. The van der Waals surface area contributed by atoms with Crippen molar-refractivity contribution in [2.75, 3.05) is 5.73 Å². The van der Waals surface area contributed by atoms with Gasteiger partial charge in [0, 0.05) is 0 Å². The lowest BCUT2D eigenvalue weighted by Crippen LogP contribution is -2.00. The second-order valence-electron chi connectivity index (χ2n) is 3.78. The topological polar surface area (TPSA) is 43.1 Å². The minimum atomic E-state index is -1.54. The molecular weight excluding hydrogens is 256 g/mol. The first-order chi connectivity index (χ1) is 8.58. The van der Waals surface area contributed by atoms with Crippen LogP contribution in [0.3, 0.4) is 0 Å². The van der Waals surface area contributed by atoms with Crippen LogP contribution in [0.2, 0.25) is 0 Å². The third-order valence-electron chi connectivity index (χ3n) is 2.44. The minimum absolute atomic E-state index is 0.0374. The summed E-state index contributed by atoms with van der Waals surface area (Å²) in [7, 11) is -1.54. The lowest BCUT2D eigenvalue weighted by atomic mass is 10.2. The molecule has 2 rings (SSSR count). The van der Waals surface area contributed by atoms with E-state index in [0.29, 0.717) is 5.56 Å². The van der Waals surface area contributed by atoms with E-state index in [1.165, 1.54) is 30.3 Å². The lowest BCUT2D eigenvalue weighted by Gasteiger charge is -2.05. The first-order valence-electron chi connectivity index (χ1n) is 5.25. The van der Waals surface area contributed by atoms with Crippen LogP contribution in [-0.2, 0) is 16.6 Å². The van der Waals surface area contributed by atoms with E-state index in [1.54, 1.807) is 12.1 Å². The molecule has 0 aliphatic rings. The van der Waals surface area contributed by atoms with E-state index in [-0.39, 0.29) is 16.3 Å². The Morgan fingerprint density at radius 1 is 1.06 bits per heavy atom. The number of hydrogen-bond acceptors (Lipinski definition) is 2. The summed E-state index contributed by atoms with van der Waals surface area (Å²) in [4.78, 5) is 0.120. The Morgan fingerprint density at radius 3 is 2.44 bits per heavy atom. The molecule has 18 heavy (non-hydrogen) atoms. The van der Waals surface area contributed by atoms with Gasteiger partial charge in [-0.3, -0.25) is 4.21 Å². The molecule has 0 radical (unpaired) electrons. The molecule has 0 spiro atoms. The number of benzene rings is 2. The molecule has 94 valence electrons. The van der Waals surface area contributed by atoms with Crippen molar-refractivity contribution in [2.24, 2.45) is 0 Å². The zero-order valence-corrected chi connectivity index (χ0v) is 10.2. The molecule has 0 saturated carbocycles. The van der Waals surface area contributed by atoms with Crippen LogP contribution in [0.4, 0.5) is 14.5 Å². The van der Waals surface area contributed by atoms with Crippen LogP contribution in [0.15, 0.2) is 47.4 Å². The summed E-state index contributed by atoms with van der Waals surface area (Å²) >= 11 is 0. The smallest absolute Gasteiger partial charge is 0.146 e. The maximum Gasteiger partial charge on any atom is 0.146 e. The molecule has 5 heteroatoms. The van der Waals surface area contributed by atoms with Crippen molar-refractivity contribution in [3.8, 4) is 0 Å². The molecular formula is C13H11F2NOS. The Kier molecular flexibility index (Phi) is 3.72. The first kappa shape index (κ1) is 12.7. The Labute approximate surface area is 106 Å². The SMILES string of the molecule is Nc1ccc(CS(=O)c2ccccc2F)cc1F. The van der Waals surface area contributed by atoms with Crippen molar-refractivity contribution in [3.63, 3.8) is 0 Å². The molecule has 2 aromatic carbocycles. The van der Waals surface area contributed by atoms with Gasteiger partial charge in [0.05, 0.1) is 27.1 Å². The minimum Gasteiger partial charge on any atom is -0.396 e. The summed E-state index contributed by atoms with van der Waals surface area (Å²) in [5.74, 6) is -1.03. The fourth-order valence-electron chi connectivity index (χ4n) is 1.52. The van der Waals surface area contributed by atoms with Gasteiger partial charge in [0.15, 0.2) is 0 Å². The quantitative estimate of drug-likeness (QED) is 0.869. The standard InChI is InChI=1S/C13H11F2NOS/c14-10-3-1-2-4-13(10)18(17)8-9-5-6-12(16)11(15)7-9/h1-7H,8,16H2. The number of nitrogen functional groups attached to an aromatic ring is 1. The first-order valence-corrected chi connectivity index (χ1v) is 6.56. The van der Waals surface area contributed by atoms with Gasteiger partial charge < -0.3 is 5.73 Å². The maximum absolute atomic E-state index is 13.4. The van der Waals surface area contributed by atoms with Crippen molar-refractivity contribution in [2.45, 2.75) is 10.6 Å². The molecule has 1 unspecified atom stereocenters. The van der Waals surface area contributed by atoms with Crippen LogP contribution >= 0.6 is 0 Å². The van der Waals surface area contributed by atoms with Crippen LogP contribution in [-0.4, -0.2) is 4.21 Å². The summed E-state index contributed by atoms with van der Waals surface area (Å²) in [6.07, 6.45) is 0. The molecule has 0 fully saturated rings. The monoisotopic (exact) mass is 267 g/mol. The predicted molar refractivity (Wildman–Crippen MR) is 67.3 cm³/mol. The van der Waals surface area contributed by atoms with Gasteiger partial charge in [-0.25, -0.2) is 8.78 Å². The molecule has 1 atom stereocenters. The molecule has 0 aliphatic heterocycles. The fraction of sp³-hybridized carbons (Fsp3) is 0.0769. The summed E-state index contributed by atoms with van der Waals surface area (Å²) in [6.45, 7) is 0. The van der Waals surface area contributed by atoms with E-state index in [1.807, 2.05) is 0 Å². The molecule has 2 nitrogen and oxygen atoms in total. The number of hydrogen-bond donors (Lipinski definition) is 1. The molecule has 2 aromatic rings. The van der Waals surface area contributed by atoms with Gasteiger partial charge in [0.25, 0.3) is 0 Å². The summed E-state index contributed by atoms with van der Waals surface area (Å²) in [5.41, 5.74) is 5.90. The van der Waals surface area contributed by atoms with Crippen molar-refractivity contribution in [3.05, 3.63) is 59.7 Å². The Hall–Kier alpha value is -1.75. The third-order valence-corrected chi connectivity index (χ3v) is 3.86. The van der Waals surface area contributed by atoms with E-state index in [4.69, 9.17) is 5.73 Å². The zero-order chi connectivity index (χ0) is 13.1. The van der Waals surface area contributed by atoms with E-state index in [0.717, 1.165) is 0 Å². The molecule has 0 aromatic heterocycles. The molecule has 0 heterocycles. The molecule has 0 aliphatic carbocycles.